The fraction of sp³-hybridized carbons (Fsp3) is 0.170. The molecule has 56 heavy (non-hydrogen) atoms. The fourth-order valence-corrected chi connectivity index (χ4v) is 13.5. The molecule has 0 spiro atoms. The average molecular weight is 763 g/mol. The molecule has 1 aromatic heterocycles. The lowest BCUT2D eigenvalue weighted by Gasteiger charge is -2.38. The Morgan fingerprint density at radius 3 is 1.41 bits per heavy atom. The maximum absolute atomic E-state index is 16.0. The Labute approximate surface area is 335 Å². The number of benzene rings is 8. The number of rotatable bonds is 7. The average Bonchev–Trinajstić information content (AvgIpc) is 3.72. The highest BCUT2D eigenvalue weighted by atomic mass is 32.1. The van der Waals surface area contributed by atoms with Crippen molar-refractivity contribution in [2.45, 2.75) is 57.8 Å². The summed E-state index contributed by atoms with van der Waals surface area (Å²) in [6.07, 6.45) is 0. The molecule has 0 saturated heterocycles. The highest BCUT2D eigenvalue weighted by Crippen LogP contribution is 2.54. The summed E-state index contributed by atoms with van der Waals surface area (Å²) < 4.78 is 16.8. The van der Waals surface area contributed by atoms with Crippen molar-refractivity contribution >= 4 is 66.0 Å². The van der Waals surface area contributed by atoms with Crippen LogP contribution in [0.1, 0.15) is 74.2 Å². The van der Waals surface area contributed by atoms with Crippen LogP contribution in [0.25, 0.3) is 32.3 Å². The Morgan fingerprint density at radius 1 is 0.429 bits per heavy atom. The van der Waals surface area contributed by atoms with Gasteiger partial charge in [-0.25, -0.2) is 0 Å². The molecule has 0 bridgehead atoms. The van der Waals surface area contributed by atoms with Gasteiger partial charge >= 0.3 is 0 Å². The quantitative estimate of drug-likeness (QED) is 0.0898. The van der Waals surface area contributed by atoms with Crippen LogP contribution in [-0.4, -0.2) is 0 Å². The van der Waals surface area contributed by atoms with Gasteiger partial charge in [-0.15, -0.1) is 11.3 Å². The Balaban J connectivity index is 1.44. The standard InChI is InChI=1S/C53H47OPS/c1-51(2,3)39-25-29-41(30-26-39)53(42-31-27-40(28-32-42)52(4,5)6,46-35-38-17-13-15-36-23-24-37-16-14-22-45(46)50(37)49(36)38)47-33-34-48(56-47)55(54,43-18-9-7-10-19-43)44-20-11-8-12-21-44/h7-35H,1-6H3. The number of hydrogen-bond acceptors (Lipinski definition) is 2. The first kappa shape index (κ1) is 36.4. The van der Waals surface area contributed by atoms with Crippen LogP contribution in [0.2, 0.25) is 0 Å². The van der Waals surface area contributed by atoms with Gasteiger partial charge in [-0.1, -0.05) is 199 Å². The van der Waals surface area contributed by atoms with Gasteiger partial charge in [-0.05, 0) is 89.2 Å². The molecule has 0 N–H and O–H groups in total. The van der Waals surface area contributed by atoms with Crippen LogP contribution >= 0.6 is 18.5 Å². The second-order valence-electron chi connectivity index (χ2n) is 17.3. The summed E-state index contributed by atoms with van der Waals surface area (Å²) in [7, 11) is -3.24. The number of thiophene rings is 1. The zero-order valence-electron chi connectivity index (χ0n) is 33.0. The van der Waals surface area contributed by atoms with Crippen molar-refractivity contribution < 1.29 is 4.57 Å². The van der Waals surface area contributed by atoms with Crippen molar-refractivity contribution in [2.24, 2.45) is 0 Å². The summed E-state index contributed by atoms with van der Waals surface area (Å²) in [6.45, 7) is 13.7. The Hall–Kier alpha value is -5.27. The molecule has 0 atom stereocenters. The molecule has 9 rings (SSSR count). The maximum atomic E-state index is 16.0. The highest BCUT2D eigenvalue weighted by Gasteiger charge is 2.43. The molecule has 0 aliphatic rings. The lowest BCUT2D eigenvalue weighted by molar-refractivity contribution is 0.588. The molecule has 0 amide bonds. The van der Waals surface area contributed by atoms with Crippen LogP contribution in [0.4, 0.5) is 0 Å². The van der Waals surface area contributed by atoms with E-state index in [1.54, 1.807) is 11.3 Å². The lowest BCUT2D eigenvalue weighted by Crippen LogP contribution is -2.31. The maximum Gasteiger partial charge on any atom is 0.180 e. The van der Waals surface area contributed by atoms with E-state index >= 15 is 4.57 Å². The minimum atomic E-state index is -3.24. The minimum absolute atomic E-state index is 0.00601. The van der Waals surface area contributed by atoms with Crippen LogP contribution in [0.3, 0.4) is 0 Å². The van der Waals surface area contributed by atoms with Gasteiger partial charge in [0.2, 0.25) is 0 Å². The predicted octanol–water partition coefficient (Wildman–Crippen LogP) is 13.3. The zero-order valence-corrected chi connectivity index (χ0v) is 34.7. The van der Waals surface area contributed by atoms with Crippen molar-refractivity contribution in [3.8, 4) is 0 Å². The third-order valence-electron chi connectivity index (χ3n) is 11.8. The molecule has 0 aliphatic heterocycles. The van der Waals surface area contributed by atoms with E-state index in [0.29, 0.717) is 0 Å². The summed E-state index contributed by atoms with van der Waals surface area (Å²) in [5.41, 5.74) is 5.41. The smallest absolute Gasteiger partial charge is 0.180 e. The van der Waals surface area contributed by atoms with Gasteiger partial charge in [0.25, 0.3) is 0 Å². The second-order valence-corrected chi connectivity index (χ2v) is 21.4. The highest BCUT2D eigenvalue weighted by molar-refractivity contribution is 7.89. The molecule has 9 aromatic rings. The lowest BCUT2D eigenvalue weighted by atomic mass is 9.66. The van der Waals surface area contributed by atoms with Crippen LogP contribution < -0.4 is 15.2 Å². The summed E-state index contributed by atoms with van der Waals surface area (Å²) in [5.74, 6) is 0. The van der Waals surface area contributed by atoms with Gasteiger partial charge in [0, 0.05) is 15.5 Å². The van der Waals surface area contributed by atoms with E-state index in [1.165, 1.54) is 60.1 Å². The number of hydrogen-bond donors (Lipinski definition) is 0. The third-order valence-corrected chi connectivity index (χ3v) is 16.7. The first-order valence-corrected chi connectivity index (χ1v) is 22.1. The molecule has 8 aromatic carbocycles. The van der Waals surface area contributed by atoms with E-state index in [0.717, 1.165) is 20.1 Å². The third kappa shape index (κ3) is 5.77. The predicted molar refractivity (Wildman–Crippen MR) is 243 cm³/mol. The fourth-order valence-electron chi connectivity index (χ4n) is 8.79. The molecular weight excluding hydrogens is 716 g/mol. The summed E-state index contributed by atoms with van der Waals surface area (Å²) in [5, 5.41) is 9.21. The molecule has 276 valence electrons. The van der Waals surface area contributed by atoms with Gasteiger partial charge in [0.15, 0.2) is 7.14 Å². The van der Waals surface area contributed by atoms with Gasteiger partial charge in [0.1, 0.15) is 0 Å². The zero-order chi connectivity index (χ0) is 38.9. The van der Waals surface area contributed by atoms with Crippen molar-refractivity contribution in [3.05, 3.63) is 209 Å². The van der Waals surface area contributed by atoms with Crippen molar-refractivity contribution in [3.63, 3.8) is 0 Å². The summed E-state index contributed by atoms with van der Waals surface area (Å²) in [6, 6.07) is 63.7. The van der Waals surface area contributed by atoms with Crippen molar-refractivity contribution in [1.29, 1.82) is 0 Å². The molecule has 3 heteroatoms. The monoisotopic (exact) mass is 762 g/mol. The molecule has 0 saturated carbocycles. The normalized spacial score (nSPS) is 12.9. The molecule has 0 unspecified atom stereocenters. The van der Waals surface area contributed by atoms with Gasteiger partial charge in [-0.3, -0.25) is 0 Å². The first-order valence-electron chi connectivity index (χ1n) is 19.6. The van der Waals surface area contributed by atoms with Gasteiger partial charge in [-0.2, -0.15) is 0 Å². The first-order chi connectivity index (χ1) is 26.9. The van der Waals surface area contributed by atoms with E-state index in [1.807, 2.05) is 60.7 Å². The SMILES string of the molecule is CC(C)(C)c1ccc(C(c2ccc(C(C)(C)C)cc2)(c2ccc(P(=O)(c3ccccc3)c3ccccc3)s2)c2cc3cccc4ccc5cccc2c5c43)cc1. The van der Waals surface area contributed by atoms with E-state index in [2.05, 4.69) is 157 Å². The molecule has 0 radical (unpaired) electrons. The van der Waals surface area contributed by atoms with Gasteiger partial charge in [0.05, 0.1) is 10.0 Å². The molecular formula is C53H47OPS. The molecule has 0 aliphatic carbocycles. The van der Waals surface area contributed by atoms with E-state index in [-0.39, 0.29) is 10.8 Å². The van der Waals surface area contributed by atoms with Crippen molar-refractivity contribution in [1.82, 2.24) is 0 Å². The molecule has 1 heterocycles. The van der Waals surface area contributed by atoms with Crippen LogP contribution in [0.5, 0.6) is 0 Å². The van der Waals surface area contributed by atoms with E-state index in [9.17, 15) is 0 Å². The van der Waals surface area contributed by atoms with Crippen LogP contribution in [0.15, 0.2) is 176 Å². The topological polar surface area (TPSA) is 17.1 Å². The Morgan fingerprint density at radius 2 is 0.893 bits per heavy atom. The van der Waals surface area contributed by atoms with E-state index in [4.69, 9.17) is 0 Å². The Kier molecular flexibility index (Phi) is 8.73. The Bertz CT molecular complexity index is 2770. The van der Waals surface area contributed by atoms with E-state index < -0.39 is 12.6 Å². The van der Waals surface area contributed by atoms with Crippen LogP contribution in [-0.2, 0) is 20.8 Å². The minimum Gasteiger partial charge on any atom is -0.308 e. The second kappa shape index (κ2) is 13.4. The summed E-state index contributed by atoms with van der Waals surface area (Å²) >= 11 is 1.70. The largest absolute Gasteiger partial charge is 0.308 e. The summed E-state index contributed by atoms with van der Waals surface area (Å²) in [4.78, 5) is 1.14. The van der Waals surface area contributed by atoms with Gasteiger partial charge < -0.3 is 4.57 Å². The molecule has 0 fully saturated rings. The van der Waals surface area contributed by atoms with Crippen LogP contribution in [0, 0.1) is 0 Å². The molecule has 1 nitrogen and oxygen atoms in total. The van der Waals surface area contributed by atoms with Crippen molar-refractivity contribution in [2.75, 3.05) is 0 Å².